The predicted molar refractivity (Wildman–Crippen MR) is 61.6 cm³/mol. The molecule has 3 heterocycles. The van der Waals surface area contributed by atoms with Gasteiger partial charge in [0.05, 0.1) is 23.8 Å². The van der Waals surface area contributed by atoms with E-state index in [1.165, 1.54) is 6.42 Å². The average Bonchev–Trinajstić information content (AvgIpc) is 2.89. The molecule has 1 aromatic rings. The van der Waals surface area contributed by atoms with Gasteiger partial charge in [-0.15, -0.1) is 11.6 Å². The smallest absolute Gasteiger partial charge is 0.134 e. The molecule has 3 atom stereocenters. The van der Waals surface area contributed by atoms with Crippen LogP contribution >= 0.6 is 11.6 Å². The molecule has 3 rings (SSSR count). The van der Waals surface area contributed by atoms with Crippen LogP contribution in [0.5, 0.6) is 0 Å². The van der Waals surface area contributed by atoms with Crippen LogP contribution in [0, 0.1) is 6.92 Å². The zero-order valence-corrected chi connectivity index (χ0v) is 10.1. The highest BCUT2D eigenvalue weighted by Crippen LogP contribution is 2.43. The van der Waals surface area contributed by atoms with Gasteiger partial charge in [-0.3, -0.25) is 0 Å². The first-order valence-electron chi connectivity index (χ1n) is 5.82. The Bertz CT molecular complexity index is 410. The van der Waals surface area contributed by atoms with Crippen molar-refractivity contribution in [3.8, 4) is 0 Å². The third kappa shape index (κ3) is 1.72. The minimum absolute atomic E-state index is 0.343. The zero-order chi connectivity index (χ0) is 11.1. The Labute approximate surface area is 100 Å². The van der Waals surface area contributed by atoms with Crippen molar-refractivity contribution < 1.29 is 4.74 Å². The van der Waals surface area contributed by atoms with E-state index >= 15 is 0 Å². The quantitative estimate of drug-likeness (QED) is 0.743. The molecule has 0 radical (unpaired) electrons. The lowest BCUT2D eigenvalue weighted by Crippen LogP contribution is -2.18. The molecule has 0 N–H and O–H groups in total. The summed E-state index contributed by atoms with van der Waals surface area (Å²) in [6, 6.07) is 1.95. The molecule has 0 aromatic carbocycles. The molecule has 0 amide bonds. The largest absolute Gasteiger partial charge is 0.374 e. The van der Waals surface area contributed by atoms with Gasteiger partial charge in [-0.05, 0) is 32.3 Å². The van der Waals surface area contributed by atoms with Crippen LogP contribution < -0.4 is 0 Å². The third-order valence-electron chi connectivity index (χ3n) is 3.50. The summed E-state index contributed by atoms with van der Waals surface area (Å²) in [6.45, 7) is 2.00. The molecule has 2 saturated heterocycles. The topological polar surface area (TPSA) is 35.0 Å². The number of rotatable bonds is 2. The van der Waals surface area contributed by atoms with Crippen molar-refractivity contribution in [1.29, 1.82) is 0 Å². The maximum atomic E-state index is 5.84. The first-order chi connectivity index (χ1) is 7.76. The van der Waals surface area contributed by atoms with Gasteiger partial charge in [0.15, 0.2) is 0 Å². The van der Waals surface area contributed by atoms with E-state index in [1.54, 1.807) is 0 Å². The number of ether oxygens (including phenoxy) is 1. The fourth-order valence-corrected chi connectivity index (χ4v) is 2.94. The van der Waals surface area contributed by atoms with Gasteiger partial charge in [0.2, 0.25) is 0 Å². The van der Waals surface area contributed by atoms with Gasteiger partial charge in [-0.2, -0.15) is 0 Å². The van der Waals surface area contributed by atoms with Crippen LogP contribution in [0.25, 0.3) is 0 Å². The van der Waals surface area contributed by atoms with Crippen molar-refractivity contribution in [1.82, 2.24) is 9.97 Å². The van der Waals surface area contributed by atoms with Gasteiger partial charge < -0.3 is 4.74 Å². The van der Waals surface area contributed by atoms with Crippen LogP contribution in [0.15, 0.2) is 6.07 Å². The van der Waals surface area contributed by atoms with Gasteiger partial charge in [0, 0.05) is 11.6 Å². The Kier molecular flexibility index (Phi) is 2.60. The Morgan fingerprint density at radius 2 is 2.31 bits per heavy atom. The molecule has 4 heteroatoms. The van der Waals surface area contributed by atoms with E-state index in [0.717, 1.165) is 30.1 Å². The first kappa shape index (κ1) is 10.5. The molecule has 2 aliphatic heterocycles. The summed E-state index contributed by atoms with van der Waals surface area (Å²) in [5.41, 5.74) is 1.93. The number of nitrogens with zero attached hydrogens (tertiary/aromatic N) is 2. The highest BCUT2D eigenvalue weighted by atomic mass is 35.5. The Balaban J connectivity index is 1.91. The lowest BCUT2D eigenvalue weighted by molar-refractivity contribution is 0.0998. The molecule has 0 spiro atoms. The highest BCUT2D eigenvalue weighted by molar-refractivity contribution is 6.16. The number of hydrogen-bond donors (Lipinski definition) is 0. The van der Waals surface area contributed by atoms with Crippen molar-refractivity contribution >= 4 is 11.6 Å². The maximum absolute atomic E-state index is 5.84. The minimum Gasteiger partial charge on any atom is -0.374 e. The fraction of sp³-hybridized carbons (Fsp3) is 0.667. The van der Waals surface area contributed by atoms with Crippen LogP contribution in [0.4, 0.5) is 0 Å². The second-order valence-electron chi connectivity index (χ2n) is 4.71. The molecule has 0 saturated carbocycles. The number of halogens is 1. The van der Waals surface area contributed by atoms with E-state index in [-0.39, 0.29) is 0 Å². The van der Waals surface area contributed by atoms with Gasteiger partial charge in [0.25, 0.3) is 0 Å². The number of alkyl halides is 1. The summed E-state index contributed by atoms with van der Waals surface area (Å²) >= 11 is 5.84. The summed E-state index contributed by atoms with van der Waals surface area (Å²) in [6.07, 6.45) is 4.22. The molecule has 2 aliphatic rings. The van der Waals surface area contributed by atoms with Crippen LogP contribution in [-0.4, -0.2) is 22.2 Å². The molecule has 3 unspecified atom stereocenters. The van der Waals surface area contributed by atoms with Gasteiger partial charge >= 0.3 is 0 Å². The third-order valence-corrected chi connectivity index (χ3v) is 3.77. The summed E-state index contributed by atoms with van der Waals surface area (Å²) in [4.78, 5) is 9.06. The van der Waals surface area contributed by atoms with Crippen molar-refractivity contribution in [3.05, 3.63) is 23.3 Å². The summed E-state index contributed by atoms with van der Waals surface area (Å²) in [7, 11) is 0. The van der Waals surface area contributed by atoms with Crippen molar-refractivity contribution in [2.24, 2.45) is 0 Å². The molecule has 16 heavy (non-hydrogen) atoms. The Morgan fingerprint density at radius 3 is 2.94 bits per heavy atom. The molecule has 2 fully saturated rings. The second kappa shape index (κ2) is 3.97. The predicted octanol–water partition coefficient (Wildman–Crippen LogP) is 2.56. The Morgan fingerprint density at radius 1 is 1.44 bits per heavy atom. The van der Waals surface area contributed by atoms with Gasteiger partial charge in [0.1, 0.15) is 5.82 Å². The maximum Gasteiger partial charge on any atom is 0.134 e. The lowest BCUT2D eigenvalue weighted by atomic mass is 9.88. The van der Waals surface area contributed by atoms with E-state index in [2.05, 4.69) is 9.97 Å². The van der Waals surface area contributed by atoms with E-state index in [1.807, 2.05) is 13.0 Å². The molecule has 2 bridgehead atoms. The molecule has 1 aromatic heterocycles. The number of fused-ring (bicyclic) bond motifs is 2. The van der Waals surface area contributed by atoms with E-state index in [4.69, 9.17) is 16.3 Å². The molecule has 0 aliphatic carbocycles. The fourth-order valence-electron chi connectivity index (χ4n) is 2.80. The van der Waals surface area contributed by atoms with Crippen LogP contribution in [0.3, 0.4) is 0 Å². The summed E-state index contributed by atoms with van der Waals surface area (Å²) < 4.78 is 5.84. The monoisotopic (exact) mass is 238 g/mol. The second-order valence-corrected chi connectivity index (χ2v) is 4.98. The normalized spacial score (nSPS) is 32.2. The van der Waals surface area contributed by atoms with Crippen LogP contribution in [-0.2, 0) is 10.6 Å². The lowest BCUT2D eigenvalue weighted by Gasteiger charge is -2.17. The van der Waals surface area contributed by atoms with Crippen LogP contribution in [0.2, 0.25) is 0 Å². The number of aromatic nitrogens is 2. The zero-order valence-electron chi connectivity index (χ0n) is 9.32. The number of hydrogen-bond acceptors (Lipinski definition) is 3. The average molecular weight is 239 g/mol. The number of aryl methyl sites for hydroxylation is 1. The minimum atomic E-state index is 0.343. The standard InChI is InChI=1S/C12H15ClN2O/c1-7-4-8(6-13)15-12(14-7)10-5-9-2-3-11(10)16-9/h4,9-11H,2-3,5-6H2,1H3. The molecular weight excluding hydrogens is 224 g/mol. The van der Waals surface area contributed by atoms with Gasteiger partial charge in [-0.25, -0.2) is 9.97 Å². The molecule has 86 valence electrons. The Hall–Kier alpha value is -0.670. The highest BCUT2D eigenvalue weighted by Gasteiger charge is 2.42. The summed E-state index contributed by atoms with van der Waals surface area (Å²) in [5, 5.41) is 0. The first-order valence-corrected chi connectivity index (χ1v) is 6.35. The van der Waals surface area contributed by atoms with Crippen molar-refractivity contribution in [2.45, 2.75) is 50.2 Å². The summed E-state index contributed by atoms with van der Waals surface area (Å²) in [5.74, 6) is 1.78. The van der Waals surface area contributed by atoms with E-state index < -0.39 is 0 Å². The van der Waals surface area contributed by atoms with Crippen molar-refractivity contribution in [2.75, 3.05) is 0 Å². The van der Waals surface area contributed by atoms with E-state index in [0.29, 0.717) is 24.0 Å². The van der Waals surface area contributed by atoms with Crippen LogP contribution in [0.1, 0.15) is 42.4 Å². The SMILES string of the molecule is Cc1cc(CCl)nc(C2CC3CCC2O3)n1. The van der Waals surface area contributed by atoms with Crippen molar-refractivity contribution in [3.63, 3.8) is 0 Å². The van der Waals surface area contributed by atoms with E-state index in [9.17, 15) is 0 Å². The van der Waals surface area contributed by atoms with Gasteiger partial charge in [-0.1, -0.05) is 0 Å². The molecular formula is C12H15ClN2O. The molecule has 3 nitrogen and oxygen atoms in total.